The molecule has 0 saturated heterocycles. The monoisotopic (exact) mass is 715 g/mol. The maximum Gasteiger partial charge on any atom is 0.238 e. The first-order chi connectivity index (χ1) is 27.8. The van der Waals surface area contributed by atoms with Gasteiger partial charge in [-0.05, 0) is 35.4 Å². The Bertz CT molecular complexity index is 3150. The van der Waals surface area contributed by atoms with E-state index in [2.05, 4.69) is 173 Å². The van der Waals surface area contributed by atoms with Gasteiger partial charge in [-0.2, -0.15) is 9.97 Å². The van der Waals surface area contributed by atoms with Crippen LogP contribution in [0.25, 0.3) is 100 Å². The number of hydrogen-bond donors (Lipinski definition) is 0. The zero-order valence-corrected chi connectivity index (χ0v) is 30.3. The molecule has 0 spiro atoms. The number of hydrogen-bond acceptors (Lipinski definition) is 3. The Morgan fingerprint density at radius 1 is 0.304 bits per heavy atom. The Kier molecular flexibility index (Phi) is 7.42. The highest BCUT2D eigenvalue weighted by molar-refractivity contribution is 6.34. The van der Waals surface area contributed by atoms with E-state index in [1.165, 1.54) is 10.8 Å². The van der Waals surface area contributed by atoms with Gasteiger partial charge in [-0.15, -0.1) is 0 Å². The molecule has 0 aliphatic heterocycles. The zero-order chi connectivity index (χ0) is 37.0. The predicted molar refractivity (Wildman–Crippen MR) is 230 cm³/mol. The second kappa shape index (κ2) is 13.0. The molecule has 0 saturated carbocycles. The molecule has 11 rings (SSSR count). The van der Waals surface area contributed by atoms with Crippen molar-refractivity contribution in [1.29, 1.82) is 0 Å². The molecule has 0 fully saturated rings. The predicted octanol–water partition coefficient (Wildman–Crippen LogP) is 12.7. The van der Waals surface area contributed by atoms with Crippen molar-refractivity contribution in [1.82, 2.24) is 24.1 Å². The molecule has 11 aromatic rings. The van der Waals surface area contributed by atoms with Gasteiger partial charge in [0, 0.05) is 49.5 Å². The van der Waals surface area contributed by atoms with E-state index in [-0.39, 0.29) is 0 Å². The molecule has 262 valence electrons. The third kappa shape index (κ3) is 4.99. The summed E-state index contributed by atoms with van der Waals surface area (Å²) in [6, 6.07) is 70.2. The fourth-order valence-electron chi connectivity index (χ4n) is 8.42. The molecule has 0 aliphatic rings. The Labute approximate surface area is 323 Å². The first-order valence-corrected chi connectivity index (χ1v) is 18.9. The molecule has 3 heterocycles. The van der Waals surface area contributed by atoms with E-state index in [0.29, 0.717) is 17.6 Å². The van der Waals surface area contributed by atoms with E-state index >= 15 is 0 Å². The number of para-hydroxylation sites is 3. The fourth-order valence-corrected chi connectivity index (χ4v) is 8.42. The molecule has 0 radical (unpaired) electrons. The van der Waals surface area contributed by atoms with Crippen LogP contribution >= 0.6 is 0 Å². The van der Waals surface area contributed by atoms with E-state index in [4.69, 9.17) is 15.0 Å². The van der Waals surface area contributed by atoms with Gasteiger partial charge in [-0.1, -0.05) is 176 Å². The van der Waals surface area contributed by atoms with Crippen molar-refractivity contribution in [2.24, 2.45) is 0 Å². The molecule has 5 nitrogen and oxygen atoms in total. The lowest BCUT2D eigenvalue weighted by Gasteiger charge is -2.19. The molecule has 0 N–H and O–H groups in total. The summed E-state index contributed by atoms with van der Waals surface area (Å²) in [4.78, 5) is 15.8. The van der Waals surface area contributed by atoms with E-state index < -0.39 is 0 Å². The topological polar surface area (TPSA) is 48.5 Å². The van der Waals surface area contributed by atoms with Crippen molar-refractivity contribution in [3.63, 3.8) is 0 Å². The zero-order valence-electron chi connectivity index (χ0n) is 30.3. The van der Waals surface area contributed by atoms with Crippen LogP contribution in [0.5, 0.6) is 0 Å². The van der Waals surface area contributed by atoms with Crippen LogP contribution in [0.3, 0.4) is 0 Å². The van der Waals surface area contributed by atoms with Crippen molar-refractivity contribution in [3.8, 4) is 56.7 Å². The van der Waals surface area contributed by atoms with Gasteiger partial charge in [0.2, 0.25) is 5.95 Å². The second-order valence-electron chi connectivity index (χ2n) is 14.0. The average Bonchev–Trinajstić information content (AvgIpc) is 3.81. The van der Waals surface area contributed by atoms with Crippen LogP contribution in [0.15, 0.2) is 200 Å². The average molecular weight is 716 g/mol. The Hall–Kier alpha value is -7.63. The number of rotatable bonds is 6. The maximum atomic E-state index is 5.35. The van der Waals surface area contributed by atoms with Crippen molar-refractivity contribution >= 4 is 43.6 Å². The Balaban J connectivity index is 1.42. The van der Waals surface area contributed by atoms with E-state index in [1.807, 2.05) is 36.4 Å². The van der Waals surface area contributed by atoms with Gasteiger partial charge >= 0.3 is 0 Å². The summed E-state index contributed by atoms with van der Waals surface area (Å²) in [5.41, 5.74) is 11.8. The molecule has 8 aromatic carbocycles. The van der Waals surface area contributed by atoms with E-state index in [1.54, 1.807) is 0 Å². The van der Waals surface area contributed by atoms with Crippen molar-refractivity contribution in [2.75, 3.05) is 0 Å². The molecular formula is C51H33N5. The third-order valence-electron chi connectivity index (χ3n) is 10.7. The van der Waals surface area contributed by atoms with Crippen LogP contribution in [-0.2, 0) is 0 Å². The summed E-state index contributed by atoms with van der Waals surface area (Å²) < 4.78 is 4.73. The van der Waals surface area contributed by atoms with Gasteiger partial charge in [0.05, 0.1) is 22.1 Å². The van der Waals surface area contributed by atoms with Gasteiger partial charge in [0.1, 0.15) is 0 Å². The number of nitrogens with zero attached hydrogens (tertiary/aromatic N) is 5. The van der Waals surface area contributed by atoms with Gasteiger partial charge in [-0.25, -0.2) is 4.98 Å². The van der Waals surface area contributed by atoms with Crippen LogP contribution in [0.2, 0.25) is 0 Å². The quantitative estimate of drug-likeness (QED) is 0.172. The van der Waals surface area contributed by atoms with Gasteiger partial charge < -0.3 is 4.57 Å². The van der Waals surface area contributed by atoms with Crippen molar-refractivity contribution in [3.05, 3.63) is 200 Å². The summed E-state index contributed by atoms with van der Waals surface area (Å²) in [7, 11) is 0. The first kappa shape index (κ1) is 31.9. The lowest BCUT2D eigenvalue weighted by molar-refractivity contribution is 0.954. The lowest BCUT2D eigenvalue weighted by Crippen LogP contribution is -2.07. The van der Waals surface area contributed by atoms with Crippen LogP contribution in [-0.4, -0.2) is 24.1 Å². The molecule has 5 heteroatoms. The largest absolute Gasteiger partial charge is 0.309 e. The highest BCUT2D eigenvalue weighted by Crippen LogP contribution is 2.51. The lowest BCUT2D eigenvalue weighted by atomic mass is 9.88. The van der Waals surface area contributed by atoms with E-state index in [0.717, 1.165) is 71.9 Å². The minimum Gasteiger partial charge on any atom is -0.309 e. The minimum absolute atomic E-state index is 0.557. The maximum absolute atomic E-state index is 5.35. The van der Waals surface area contributed by atoms with Crippen molar-refractivity contribution in [2.45, 2.75) is 0 Å². The SMILES string of the molecule is c1ccc(-c2nc(-c3ccccc3)nc(-n3c4ccccc4c4c3c(-c3ccccc3)c(-c3ccccc3)c3c5ccccc5n(-c5ccccc5)c34)n2)cc1. The second-order valence-corrected chi connectivity index (χ2v) is 14.0. The molecule has 0 atom stereocenters. The molecular weight excluding hydrogens is 683 g/mol. The van der Waals surface area contributed by atoms with Crippen LogP contribution in [0.1, 0.15) is 0 Å². The first-order valence-electron chi connectivity index (χ1n) is 18.9. The summed E-state index contributed by atoms with van der Waals surface area (Å²) >= 11 is 0. The normalized spacial score (nSPS) is 11.6. The standard InChI is InChI=1S/C51H33N5/c1-6-20-34(21-7-1)43-44(35-22-8-2-9-23-35)47-46(48-45(43)39-30-16-18-32-41(39)55(48)38-28-14-5-15-29-38)40-31-17-19-33-42(40)56(47)51-53-49(36-24-10-3-11-25-36)52-50(54-51)37-26-12-4-13-27-37/h1-33H. The summed E-state index contributed by atoms with van der Waals surface area (Å²) in [6.45, 7) is 0. The third-order valence-corrected chi connectivity index (χ3v) is 10.7. The van der Waals surface area contributed by atoms with Crippen LogP contribution < -0.4 is 0 Å². The van der Waals surface area contributed by atoms with Crippen LogP contribution in [0.4, 0.5) is 0 Å². The molecule has 0 bridgehead atoms. The van der Waals surface area contributed by atoms with Gasteiger partial charge in [0.15, 0.2) is 11.6 Å². The Morgan fingerprint density at radius 3 is 1.25 bits per heavy atom. The fraction of sp³-hybridized carbons (Fsp3) is 0. The molecule has 56 heavy (non-hydrogen) atoms. The number of aromatic nitrogens is 5. The minimum atomic E-state index is 0.557. The highest BCUT2D eigenvalue weighted by atomic mass is 15.2. The Morgan fingerprint density at radius 2 is 0.714 bits per heavy atom. The van der Waals surface area contributed by atoms with Crippen molar-refractivity contribution < 1.29 is 0 Å². The molecule has 3 aromatic heterocycles. The summed E-state index contributed by atoms with van der Waals surface area (Å²) in [5.74, 6) is 1.79. The number of fused-ring (bicyclic) bond motifs is 7. The smallest absolute Gasteiger partial charge is 0.238 e. The molecule has 0 amide bonds. The van der Waals surface area contributed by atoms with E-state index in [9.17, 15) is 0 Å². The number of benzene rings is 8. The molecule has 0 aliphatic carbocycles. The summed E-state index contributed by atoms with van der Waals surface area (Å²) in [5, 5.41) is 4.65. The highest BCUT2D eigenvalue weighted by Gasteiger charge is 2.29. The van der Waals surface area contributed by atoms with Gasteiger partial charge in [-0.3, -0.25) is 4.57 Å². The molecule has 0 unspecified atom stereocenters. The van der Waals surface area contributed by atoms with Crippen LogP contribution in [0, 0.1) is 0 Å². The van der Waals surface area contributed by atoms with Gasteiger partial charge in [0.25, 0.3) is 0 Å². The summed E-state index contributed by atoms with van der Waals surface area (Å²) in [6.07, 6.45) is 0.